The predicted octanol–water partition coefficient (Wildman–Crippen LogP) is 4.02. The van der Waals surface area contributed by atoms with Crippen molar-refractivity contribution < 1.29 is 19.1 Å². The van der Waals surface area contributed by atoms with E-state index >= 15 is 0 Å². The summed E-state index contributed by atoms with van der Waals surface area (Å²) in [5.41, 5.74) is 2.09. The number of rotatable bonds is 8. The Morgan fingerprint density at radius 2 is 1.92 bits per heavy atom. The number of carbonyl (C=O) groups is 3. The van der Waals surface area contributed by atoms with Crippen LogP contribution in [0.25, 0.3) is 6.08 Å². The molecule has 0 N–H and O–H groups in total. The first kappa shape index (κ1) is 19.2. The lowest BCUT2D eigenvalue weighted by atomic mass is 10.1. The molecule has 25 heavy (non-hydrogen) atoms. The molecule has 2 rings (SSSR count). The van der Waals surface area contributed by atoms with Gasteiger partial charge in [-0.05, 0) is 41.8 Å². The van der Waals surface area contributed by atoms with Crippen LogP contribution in [-0.2, 0) is 20.7 Å². The van der Waals surface area contributed by atoms with Crippen LogP contribution < -0.4 is 0 Å². The summed E-state index contributed by atoms with van der Waals surface area (Å²) in [6.45, 7) is 4.52. The van der Waals surface area contributed by atoms with E-state index in [1.165, 1.54) is 5.56 Å². The van der Waals surface area contributed by atoms with Crippen LogP contribution in [0.2, 0.25) is 0 Å². The van der Waals surface area contributed by atoms with E-state index in [4.69, 9.17) is 4.74 Å². The fraction of sp³-hybridized carbons (Fsp3) is 0.421. The minimum atomic E-state index is -0.383. The Bertz CT molecular complexity index is 667. The van der Waals surface area contributed by atoms with Crippen LogP contribution in [0.5, 0.6) is 0 Å². The van der Waals surface area contributed by atoms with Gasteiger partial charge in [-0.25, -0.2) is 0 Å². The van der Waals surface area contributed by atoms with Crippen molar-refractivity contribution in [2.75, 3.05) is 13.2 Å². The van der Waals surface area contributed by atoms with Gasteiger partial charge >= 0.3 is 5.97 Å². The quantitative estimate of drug-likeness (QED) is 0.397. The number of ether oxygens (including phenoxy) is 1. The molecule has 2 amide bonds. The van der Waals surface area contributed by atoms with E-state index in [0.29, 0.717) is 11.5 Å². The summed E-state index contributed by atoms with van der Waals surface area (Å²) in [7, 11) is 0. The summed E-state index contributed by atoms with van der Waals surface area (Å²) in [5, 5.41) is -0.345. The Hall–Kier alpha value is -2.08. The van der Waals surface area contributed by atoms with Crippen LogP contribution in [0.3, 0.4) is 0 Å². The van der Waals surface area contributed by atoms with Gasteiger partial charge in [0.15, 0.2) is 0 Å². The van der Waals surface area contributed by atoms with Crippen LogP contribution in [0.1, 0.15) is 44.2 Å². The summed E-state index contributed by atoms with van der Waals surface area (Å²) < 4.78 is 5.05. The van der Waals surface area contributed by atoms with Gasteiger partial charge in [-0.1, -0.05) is 44.5 Å². The first-order valence-corrected chi connectivity index (χ1v) is 9.36. The number of unbranched alkanes of at least 4 members (excludes halogenated alkanes) is 1. The minimum Gasteiger partial charge on any atom is -0.466 e. The van der Waals surface area contributed by atoms with Gasteiger partial charge in [0.2, 0.25) is 0 Å². The van der Waals surface area contributed by atoms with Gasteiger partial charge in [0.25, 0.3) is 11.1 Å². The molecule has 6 heteroatoms. The number of nitrogens with zero attached hydrogens (tertiary/aromatic N) is 1. The molecular formula is C19H23NO4S. The number of hydrogen-bond donors (Lipinski definition) is 0. The second-order valence-corrected chi connectivity index (χ2v) is 6.75. The van der Waals surface area contributed by atoms with E-state index in [1.807, 2.05) is 31.2 Å². The third-order valence-corrected chi connectivity index (χ3v) is 4.77. The van der Waals surface area contributed by atoms with E-state index < -0.39 is 0 Å². The van der Waals surface area contributed by atoms with Gasteiger partial charge in [0, 0.05) is 6.54 Å². The molecule has 1 aromatic carbocycles. The number of hydrogen-bond acceptors (Lipinski definition) is 5. The highest BCUT2D eigenvalue weighted by Crippen LogP contribution is 2.32. The maximum atomic E-state index is 12.4. The highest BCUT2D eigenvalue weighted by Gasteiger charge is 2.35. The van der Waals surface area contributed by atoms with E-state index in [0.717, 1.165) is 41.5 Å². The van der Waals surface area contributed by atoms with Gasteiger partial charge < -0.3 is 4.74 Å². The summed E-state index contributed by atoms with van der Waals surface area (Å²) in [6, 6.07) is 7.86. The number of imide groups is 1. The van der Waals surface area contributed by atoms with Crippen molar-refractivity contribution >= 4 is 35.0 Å². The molecule has 1 fully saturated rings. The van der Waals surface area contributed by atoms with Crippen molar-refractivity contribution in [1.29, 1.82) is 0 Å². The number of benzene rings is 1. The summed E-state index contributed by atoms with van der Waals surface area (Å²) in [6.07, 6.45) is 4.45. The van der Waals surface area contributed by atoms with Crippen LogP contribution in [0.4, 0.5) is 4.79 Å². The molecule has 0 radical (unpaired) electrons. The molecule has 0 saturated carbocycles. The Morgan fingerprint density at radius 3 is 2.56 bits per heavy atom. The lowest BCUT2D eigenvalue weighted by molar-refractivity contribution is -0.144. The first-order chi connectivity index (χ1) is 12.0. The smallest absolute Gasteiger partial charge is 0.307 e. The molecule has 0 aromatic heterocycles. The summed E-state index contributed by atoms with van der Waals surface area (Å²) in [5.74, 6) is -0.734. The van der Waals surface area contributed by atoms with E-state index in [-0.39, 0.29) is 30.1 Å². The van der Waals surface area contributed by atoms with Crippen molar-refractivity contribution in [1.82, 2.24) is 4.90 Å². The lowest BCUT2D eigenvalue weighted by Crippen LogP contribution is -2.30. The van der Waals surface area contributed by atoms with Crippen LogP contribution in [-0.4, -0.2) is 35.2 Å². The largest absolute Gasteiger partial charge is 0.466 e. The zero-order valence-corrected chi connectivity index (χ0v) is 15.4. The Kier molecular flexibility index (Phi) is 7.25. The first-order valence-electron chi connectivity index (χ1n) is 8.55. The zero-order chi connectivity index (χ0) is 18.2. The molecule has 1 aliphatic rings. The molecule has 1 heterocycles. The zero-order valence-electron chi connectivity index (χ0n) is 14.6. The molecule has 1 saturated heterocycles. The molecule has 0 bridgehead atoms. The molecule has 1 aliphatic heterocycles. The van der Waals surface area contributed by atoms with Crippen LogP contribution >= 0.6 is 11.8 Å². The molecule has 5 nitrogen and oxygen atoms in total. The number of thioether (sulfide) groups is 1. The molecule has 1 aromatic rings. The standard InChI is InChI=1S/C19H23NO4S/c1-3-5-12-24-17(21)10-11-20-18(22)16(25-19(20)23)13-15-8-6-14(4-2)7-9-15/h6-9,13H,3-5,10-12H2,1-2H3/b16-13-. The van der Waals surface area contributed by atoms with Gasteiger partial charge in [-0.15, -0.1) is 0 Å². The highest BCUT2D eigenvalue weighted by atomic mass is 32.2. The van der Waals surface area contributed by atoms with Crippen molar-refractivity contribution in [2.24, 2.45) is 0 Å². The minimum absolute atomic E-state index is 0.0280. The van der Waals surface area contributed by atoms with Gasteiger partial charge in [-0.2, -0.15) is 0 Å². The van der Waals surface area contributed by atoms with Gasteiger partial charge in [0.1, 0.15) is 0 Å². The number of esters is 1. The normalized spacial score (nSPS) is 15.9. The van der Waals surface area contributed by atoms with Crippen molar-refractivity contribution in [3.8, 4) is 0 Å². The van der Waals surface area contributed by atoms with Crippen molar-refractivity contribution in [2.45, 2.75) is 39.5 Å². The van der Waals surface area contributed by atoms with Crippen LogP contribution in [0.15, 0.2) is 29.2 Å². The molecular weight excluding hydrogens is 338 g/mol. The van der Waals surface area contributed by atoms with Gasteiger partial charge in [-0.3, -0.25) is 19.3 Å². The SMILES string of the molecule is CCCCOC(=O)CCN1C(=O)S/C(=C\c2ccc(CC)cc2)C1=O. The average molecular weight is 361 g/mol. The predicted molar refractivity (Wildman–Crippen MR) is 99.0 cm³/mol. The number of carbonyl (C=O) groups excluding carboxylic acids is 3. The fourth-order valence-electron chi connectivity index (χ4n) is 2.30. The molecule has 0 unspecified atom stereocenters. The lowest BCUT2D eigenvalue weighted by Gasteiger charge is -2.11. The topological polar surface area (TPSA) is 63.7 Å². The average Bonchev–Trinajstić information content (AvgIpc) is 2.87. The van der Waals surface area contributed by atoms with E-state index in [2.05, 4.69) is 6.92 Å². The number of amides is 2. The van der Waals surface area contributed by atoms with E-state index in [9.17, 15) is 14.4 Å². The monoisotopic (exact) mass is 361 g/mol. The Balaban J connectivity index is 1.94. The molecule has 0 aliphatic carbocycles. The summed E-state index contributed by atoms with van der Waals surface area (Å²) in [4.78, 5) is 37.5. The number of aryl methyl sites for hydroxylation is 1. The second kappa shape index (κ2) is 9.42. The van der Waals surface area contributed by atoms with E-state index in [1.54, 1.807) is 6.08 Å². The molecule has 134 valence electrons. The second-order valence-electron chi connectivity index (χ2n) is 5.75. The maximum absolute atomic E-state index is 12.4. The Labute approximate surface area is 152 Å². The van der Waals surface area contributed by atoms with Crippen molar-refractivity contribution in [3.05, 3.63) is 40.3 Å². The highest BCUT2D eigenvalue weighted by molar-refractivity contribution is 8.18. The third kappa shape index (κ3) is 5.46. The van der Waals surface area contributed by atoms with Crippen molar-refractivity contribution in [3.63, 3.8) is 0 Å². The maximum Gasteiger partial charge on any atom is 0.307 e. The molecule has 0 atom stereocenters. The molecule has 0 spiro atoms. The Morgan fingerprint density at radius 1 is 1.20 bits per heavy atom. The van der Waals surface area contributed by atoms with Crippen LogP contribution in [0, 0.1) is 0 Å². The van der Waals surface area contributed by atoms with Gasteiger partial charge in [0.05, 0.1) is 17.9 Å². The summed E-state index contributed by atoms with van der Waals surface area (Å²) >= 11 is 0.906. The third-order valence-electron chi connectivity index (χ3n) is 3.86. The fourth-order valence-corrected chi connectivity index (χ4v) is 3.16.